The summed E-state index contributed by atoms with van der Waals surface area (Å²) in [5.41, 5.74) is 0. The molecule has 3 saturated carbocycles. The van der Waals surface area contributed by atoms with Gasteiger partial charge in [-0.3, -0.25) is 0 Å². The standard InChI is InChI=1S/C14H19NS/c1-15-14(10-3-2-6-16-10)13-11-8-4-5-9(7-8)12(11)13/h2-3,6,8-9,11-15H,4-5,7H2,1H3. The van der Waals surface area contributed by atoms with Crippen molar-refractivity contribution in [3.05, 3.63) is 22.4 Å². The Kier molecular flexibility index (Phi) is 2.01. The Morgan fingerprint density at radius 1 is 1.31 bits per heavy atom. The van der Waals surface area contributed by atoms with E-state index >= 15 is 0 Å². The van der Waals surface area contributed by atoms with E-state index in [0.717, 1.165) is 29.6 Å². The Labute approximate surface area is 101 Å². The molecule has 2 heteroatoms. The van der Waals surface area contributed by atoms with E-state index in [-0.39, 0.29) is 0 Å². The molecule has 1 heterocycles. The van der Waals surface area contributed by atoms with Gasteiger partial charge in [0.1, 0.15) is 0 Å². The Balaban J connectivity index is 1.59. The van der Waals surface area contributed by atoms with E-state index in [1.165, 1.54) is 12.8 Å². The van der Waals surface area contributed by atoms with E-state index in [1.807, 2.05) is 11.3 Å². The molecule has 16 heavy (non-hydrogen) atoms. The lowest BCUT2D eigenvalue weighted by molar-refractivity contribution is 0.389. The van der Waals surface area contributed by atoms with Crippen LogP contribution in [0.3, 0.4) is 0 Å². The van der Waals surface area contributed by atoms with Gasteiger partial charge in [-0.05, 0) is 67.3 Å². The van der Waals surface area contributed by atoms with Crippen LogP contribution in [0.25, 0.3) is 0 Å². The second-order valence-electron chi connectivity index (χ2n) is 5.85. The number of nitrogens with one attached hydrogen (secondary N) is 1. The van der Waals surface area contributed by atoms with Crippen LogP contribution >= 0.6 is 11.3 Å². The first-order valence-electron chi connectivity index (χ1n) is 6.61. The lowest BCUT2D eigenvalue weighted by Gasteiger charge is -2.18. The van der Waals surface area contributed by atoms with Crippen molar-refractivity contribution in [3.8, 4) is 0 Å². The molecule has 0 aliphatic heterocycles. The van der Waals surface area contributed by atoms with Gasteiger partial charge in [0.15, 0.2) is 0 Å². The molecule has 1 N–H and O–H groups in total. The van der Waals surface area contributed by atoms with E-state index in [4.69, 9.17) is 0 Å². The molecule has 0 aromatic carbocycles. The third-order valence-electron chi connectivity index (χ3n) is 5.34. The Bertz CT molecular complexity index is 369. The molecule has 2 bridgehead atoms. The first-order chi connectivity index (χ1) is 7.90. The molecule has 5 atom stereocenters. The summed E-state index contributed by atoms with van der Waals surface area (Å²) in [6, 6.07) is 5.15. The van der Waals surface area contributed by atoms with Gasteiger partial charge < -0.3 is 5.32 Å². The fourth-order valence-electron chi connectivity index (χ4n) is 4.83. The first-order valence-corrected chi connectivity index (χ1v) is 7.49. The summed E-state index contributed by atoms with van der Waals surface area (Å²) in [5.74, 6) is 5.32. The molecule has 4 rings (SSSR count). The normalized spacial score (nSPS) is 45.7. The van der Waals surface area contributed by atoms with Crippen LogP contribution in [0.2, 0.25) is 0 Å². The van der Waals surface area contributed by atoms with Crippen LogP contribution in [0.5, 0.6) is 0 Å². The Hall–Kier alpha value is -0.340. The third kappa shape index (κ3) is 1.15. The van der Waals surface area contributed by atoms with Gasteiger partial charge in [0.2, 0.25) is 0 Å². The number of thiophene rings is 1. The summed E-state index contributed by atoms with van der Waals surface area (Å²) in [4.78, 5) is 1.56. The SMILES string of the molecule is CNC(c1cccs1)C1C2C3CCC(C3)C21. The molecule has 1 aromatic heterocycles. The van der Waals surface area contributed by atoms with Crippen LogP contribution in [0.4, 0.5) is 0 Å². The van der Waals surface area contributed by atoms with Crippen LogP contribution in [-0.2, 0) is 0 Å². The summed E-state index contributed by atoms with van der Waals surface area (Å²) in [6.07, 6.45) is 4.62. The summed E-state index contributed by atoms with van der Waals surface area (Å²) in [5, 5.41) is 5.79. The largest absolute Gasteiger partial charge is 0.312 e. The number of rotatable bonds is 3. The van der Waals surface area contributed by atoms with Crippen molar-refractivity contribution in [2.45, 2.75) is 25.3 Å². The van der Waals surface area contributed by atoms with Gasteiger partial charge in [-0.1, -0.05) is 6.07 Å². The predicted octanol–water partition coefficient (Wildman–Crippen LogP) is 3.30. The molecular formula is C14H19NS. The molecule has 5 unspecified atom stereocenters. The molecule has 0 saturated heterocycles. The second-order valence-corrected chi connectivity index (χ2v) is 6.83. The molecule has 1 nitrogen and oxygen atoms in total. The maximum absolute atomic E-state index is 3.57. The lowest BCUT2D eigenvalue weighted by atomic mass is 9.96. The predicted molar refractivity (Wildman–Crippen MR) is 67.4 cm³/mol. The zero-order valence-corrected chi connectivity index (χ0v) is 10.5. The highest BCUT2D eigenvalue weighted by Gasteiger charge is 2.66. The van der Waals surface area contributed by atoms with Gasteiger partial charge >= 0.3 is 0 Å². The summed E-state index contributed by atoms with van der Waals surface area (Å²) in [6.45, 7) is 0. The van der Waals surface area contributed by atoms with Gasteiger partial charge in [-0.15, -0.1) is 11.3 Å². The fourth-order valence-corrected chi connectivity index (χ4v) is 5.72. The average Bonchev–Trinajstić information content (AvgIpc) is 2.78. The number of hydrogen-bond acceptors (Lipinski definition) is 2. The molecule has 3 aliphatic carbocycles. The minimum absolute atomic E-state index is 0.651. The zero-order chi connectivity index (χ0) is 10.7. The van der Waals surface area contributed by atoms with E-state index in [0.29, 0.717) is 6.04 Å². The summed E-state index contributed by atoms with van der Waals surface area (Å²) in [7, 11) is 2.14. The highest BCUT2D eigenvalue weighted by atomic mass is 32.1. The van der Waals surface area contributed by atoms with E-state index in [2.05, 4.69) is 29.9 Å². The maximum Gasteiger partial charge on any atom is 0.0446 e. The van der Waals surface area contributed by atoms with Crippen LogP contribution in [0.15, 0.2) is 17.5 Å². The lowest BCUT2D eigenvalue weighted by Crippen LogP contribution is -2.20. The monoisotopic (exact) mass is 233 g/mol. The van der Waals surface area contributed by atoms with Crippen LogP contribution in [-0.4, -0.2) is 7.05 Å². The van der Waals surface area contributed by atoms with E-state index in [9.17, 15) is 0 Å². The van der Waals surface area contributed by atoms with Crippen LogP contribution in [0, 0.1) is 29.6 Å². The number of fused-ring (bicyclic) bond motifs is 5. The minimum atomic E-state index is 0.651. The highest BCUT2D eigenvalue weighted by molar-refractivity contribution is 7.10. The highest BCUT2D eigenvalue weighted by Crippen LogP contribution is 2.72. The van der Waals surface area contributed by atoms with Gasteiger partial charge in [0.05, 0.1) is 0 Å². The molecule has 0 spiro atoms. The smallest absolute Gasteiger partial charge is 0.0446 e. The van der Waals surface area contributed by atoms with Gasteiger partial charge in [0.25, 0.3) is 0 Å². The summed E-state index contributed by atoms with van der Waals surface area (Å²) >= 11 is 1.92. The summed E-state index contributed by atoms with van der Waals surface area (Å²) < 4.78 is 0. The van der Waals surface area contributed by atoms with Crippen molar-refractivity contribution in [2.75, 3.05) is 7.05 Å². The maximum atomic E-state index is 3.57. The van der Waals surface area contributed by atoms with Crippen molar-refractivity contribution in [3.63, 3.8) is 0 Å². The Morgan fingerprint density at radius 2 is 2.06 bits per heavy atom. The first kappa shape index (κ1) is 9.67. The van der Waals surface area contributed by atoms with Crippen molar-refractivity contribution >= 4 is 11.3 Å². The Morgan fingerprint density at radius 3 is 2.62 bits per heavy atom. The zero-order valence-electron chi connectivity index (χ0n) is 9.73. The molecular weight excluding hydrogens is 214 g/mol. The molecule has 1 aromatic rings. The van der Waals surface area contributed by atoms with E-state index < -0.39 is 0 Å². The van der Waals surface area contributed by atoms with Gasteiger partial charge in [-0.25, -0.2) is 0 Å². The fraction of sp³-hybridized carbons (Fsp3) is 0.714. The van der Waals surface area contributed by atoms with E-state index in [1.54, 1.807) is 11.3 Å². The quantitative estimate of drug-likeness (QED) is 0.844. The van der Waals surface area contributed by atoms with Gasteiger partial charge in [-0.2, -0.15) is 0 Å². The topological polar surface area (TPSA) is 12.0 Å². The number of hydrogen-bond donors (Lipinski definition) is 1. The molecule has 86 valence electrons. The molecule has 0 radical (unpaired) electrons. The van der Waals surface area contributed by atoms with Crippen LogP contribution < -0.4 is 5.32 Å². The van der Waals surface area contributed by atoms with Crippen molar-refractivity contribution in [1.82, 2.24) is 5.32 Å². The van der Waals surface area contributed by atoms with Crippen LogP contribution in [0.1, 0.15) is 30.2 Å². The van der Waals surface area contributed by atoms with Crippen molar-refractivity contribution in [1.29, 1.82) is 0 Å². The second kappa shape index (κ2) is 3.33. The third-order valence-corrected chi connectivity index (χ3v) is 6.30. The molecule has 3 aliphatic rings. The molecule has 3 fully saturated rings. The molecule has 0 amide bonds. The average molecular weight is 233 g/mol. The van der Waals surface area contributed by atoms with Crippen molar-refractivity contribution in [2.24, 2.45) is 29.6 Å². The van der Waals surface area contributed by atoms with Crippen molar-refractivity contribution < 1.29 is 0 Å². The van der Waals surface area contributed by atoms with Gasteiger partial charge in [0, 0.05) is 10.9 Å². The minimum Gasteiger partial charge on any atom is -0.312 e.